The molecule has 0 aromatic heterocycles. The molecule has 0 bridgehead atoms. The van der Waals surface area contributed by atoms with E-state index < -0.39 is 9.76 Å². The Bertz CT molecular complexity index is 252. The minimum absolute atomic E-state index is 0.522. The van der Waals surface area contributed by atoms with E-state index in [0.29, 0.717) is 0 Å². The van der Waals surface area contributed by atoms with Crippen molar-refractivity contribution in [2.75, 3.05) is 0 Å². The topological polar surface area (TPSA) is 9.23 Å². The lowest BCUT2D eigenvalue weighted by Crippen LogP contribution is -2.18. The van der Waals surface area contributed by atoms with Gasteiger partial charge in [-0.1, -0.05) is 29.8 Å². The van der Waals surface area contributed by atoms with Crippen LogP contribution >= 0.6 is 11.6 Å². The largest absolute Gasteiger partial charge is 0.465 e. The average Bonchev–Trinajstić information content (AvgIpc) is 1.99. The molecule has 0 aliphatic rings. The van der Waals surface area contributed by atoms with Crippen LogP contribution in [0.1, 0.15) is 5.56 Å². The minimum Gasteiger partial charge on any atom is -0.465 e. The molecule has 0 spiro atoms. The predicted molar refractivity (Wildman–Crippen MR) is 55.4 cm³/mol. The molecular weight excluding hydrogens is 192 g/mol. The molecule has 0 amide bonds. The van der Waals surface area contributed by atoms with E-state index in [1.807, 2.05) is 19.1 Å². The van der Waals surface area contributed by atoms with Crippen molar-refractivity contribution in [1.29, 1.82) is 0 Å². The van der Waals surface area contributed by atoms with Crippen LogP contribution in [0.3, 0.4) is 0 Å². The maximum Gasteiger partial charge on any atom is 0.179 e. The zero-order valence-corrected chi connectivity index (χ0v) is 10.9. The lowest BCUT2D eigenvalue weighted by molar-refractivity contribution is 0.676. The fourth-order valence-corrected chi connectivity index (χ4v) is 3.15. The van der Waals surface area contributed by atoms with E-state index in [1.54, 1.807) is 0 Å². The summed E-state index contributed by atoms with van der Waals surface area (Å²) in [6.45, 7) is 2.02. The molecule has 0 fully saturated rings. The number of hydrogen-bond donors (Lipinski definition) is 0. The summed E-state index contributed by atoms with van der Waals surface area (Å²) >= 11 is 6.04. The van der Waals surface area contributed by atoms with Crippen molar-refractivity contribution >= 4 is 37.0 Å². The normalized spacial score (nSPS) is 11.5. The Labute approximate surface area is 77.2 Å². The Kier molecular flexibility index (Phi) is 3.32. The van der Waals surface area contributed by atoms with Gasteiger partial charge in [0, 0.05) is 5.02 Å². The Hall–Kier alpha value is -0.0962. The second-order valence-corrected chi connectivity index (χ2v) is 6.22. The number of rotatable bonds is 2. The summed E-state index contributed by atoms with van der Waals surface area (Å²) in [7, 11) is 0.301. The van der Waals surface area contributed by atoms with Crippen molar-refractivity contribution < 1.29 is 4.12 Å². The highest BCUT2D eigenvalue weighted by atomic mass is 35.5. The second-order valence-electron chi connectivity index (χ2n) is 2.48. The van der Waals surface area contributed by atoms with Crippen LogP contribution < -0.4 is 5.19 Å². The van der Waals surface area contributed by atoms with E-state index in [0.717, 1.165) is 21.1 Å². The molecule has 0 radical (unpaired) electrons. The molecule has 0 aliphatic carbocycles. The van der Waals surface area contributed by atoms with Gasteiger partial charge in [0.2, 0.25) is 0 Å². The van der Waals surface area contributed by atoms with Gasteiger partial charge in [0.25, 0.3) is 0 Å². The van der Waals surface area contributed by atoms with Gasteiger partial charge < -0.3 is 4.12 Å². The molecule has 0 N–H and O–H groups in total. The van der Waals surface area contributed by atoms with Crippen LogP contribution in [0.15, 0.2) is 18.2 Å². The molecule has 0 heterocycles. The first-order valence-corrected chi connectivity index (χ1v) is 5.96. The molecule has 4 heteroatoms. The SMILES string of the molecule is Cc1cccc([SiH2]O[SiH3])c1Cl. The van der Waals surface area contributed by atoms with Crippen molar-refractivity contribution in [1.82, 2.24) is 0 Å². The van der Waals surface area contributed by atoms with Gasteiger partial charge in [-0.25, -0.2) is 0 Å². The fraction of sp³-hybridized carbons (Fsp3) is 0.143. The van der Waals surface area contributed by atoms with Gasteiger partial charge in [-0.2, -0.15) is 0 Å². The van der Waals surface area contributed by atoms with Crippen LogP contribution in [-0.2, 0) is 4.12 Å². The van der Waals surface area contributed by atoms with Gasteiger partial charge >= 0.3 is 0 Å². The summed E-state index contributed by atoms with van der Waals surface area (Å²) in [5, 5.41) is 2.12. The van der Waals surface area contributed by atoms with E-state index >= 15 is 0 Å². The van der Waals surface area contributed by atoms with Gasteiger partial charge in [0.1, 0.15) is 10.5 Å². The van der Waals surface area contributed by atoms with Crippen LogP contribution in [0.25, 0.3) is 0 Å². The Morgan fingerprint density at radius 1 is 1.55 bits per heavy atom. The number of halogens is 1. The molecule has 0 unspecified atom stereocenters. The fourth-order valence-electron chi connectivity index (χ4n) is 0.975. The van der Waals surface area contributed by atoms with Gasteiger partial charge in [-0.05, 0) is 17.7 Å². The zero-order valence-electron chi connectivity index (χ0n) is 6.73. The van der Waals surface area contributed by atoms with Crippen molar-refractivity contribution in [3.05, 3.63) is 28.8 Å². The standard InChI is InChI=1S/C7H11ClOSi2/c1-5-3-2-4-6(7(5)8)11-9-10/h2-4H,11H2,1,10H3. The summed E-state index contributed by atoms with van der Waals surface area (Å²) in [6, 6.07) is 6.11. The maximum atomic E-state index is 6.04. The second kappa shape index (κ2) is 4.06. The molecule has 11 heavy (non-hydrogen) atoms. The molecule has 0 saturated heterocycles. The van der Waals surface area contributed by atoms with E-state index in [1.165, 1.54) is 5.19 Å². The maximum absolute atomic E-state index is 6.04. The molecule has 1 rings (SSSR count). The van der Waals surface area contributed by atoms with Gasteiger partial charge in [-0.3, -0.25) is 0 Å². The first kappa shape index (κ1) is 9.00. The third-order valence-electron chi connectivity index (χ3n) is 1.57. The molecular formula is C7H11ClOSi2. The van der Waals surface area contributed by atoms with Crippen LogP contribution in [0.2, 0.25) is 5.02 Å². The molecule has 1 nitrogen and oxygen atoms in total. The van der Waals surface area contributed by atoms with Gasteiger partial charge in [0.05, 0.1) is 0 Å². The number of aryl methyl sites for hydroxylation is 1. The summed E-state index contributed by atoms with van der Waals surface area (Å²) in [5.74, 6) is 0. The highest BCUT2D eigenvalue weighted by Gasteiger charge is 2.01. The van der Waals surface area contributed by atoms with Gasteiger partial charge in [-0.15, -0.1) is 0 Å². The third kappa shape index (κ3) is 2.17. The van der Waals surface area contributed by atoms with Crippen molar-refractivity contribution in [3.63, 3.8) is 0 Å². The molecule has 1 aromatic rings. The summed E-state index contributed by atoms with van der Waals surface area (Å²) < 4.78 is 5.26. The molecule has 1 aromatic carbocycles. The number of hydrogen-bond acceptors (Lipinski definition) is 1. The van der Waals surface area contributed by atoms with Gasteiger partial charge in [0.15, 0.2) is 9.76 Å². The van der Waals surface area contributed by atoms with E-state index in [9.17, 15) is 0 Å². The Morgan fingerprint density at radius 3 is 2.91 bits per heavy atom. The number of benzene rings is 1. The van der Waals surface area contributed by atoms with Crippen molar-refractivity contribution in [3.8, 4) is 0 Å². The van der Waals surface area contributed by atoms with Crippen molar-refractivity contribution in [2.45, 2.75) is 6.92 Å². The Morgan fingerprint density at radius 2 is 2.27 bits per heavy atom. The highest BCUT2D eigenvalue weighted by Crippen LogP contribution is 2.10. The van der Waals surface area contributed by atoms with Crippen LogP contribution in [0.5, 0.6) is 0 Å². The van der Waals surface area contributed by atoms with E-state index in [-0.39, 0.29) is 0 Å². The summed E-state index contributed by atoms with van der Waals surface area (Å²) in [6.07, 6.45) is 0. The van der Waals surface area contributed by atoms with Crippen LogP contribution in [-0.4, -0.2) is 20.2 Å². The molecule has 0 aliphatic heterocycles. The summed E-state index contributed by atoms with van der Waals surface area (Å²) in [5.41, 5.74) is 1.15. The van der Waals surface area contributed by atoms with Crippen molar-refractivity contribution in [2.24, 2.45) is 0 Å². The molecule has 0 atom stereocenters. The quantitative estimate of drug-likeness (QED) is 0.597. The van der Waals surface area contributed by atoms with Crippen LogP contribution in [0.4, 0.5) is 0 Å². The smallest absolute Gasteiger partial charge is 0.179 e. The summed E-state index contributed by atoms with van der Waals surface area (Å²) in [4.78, 5) is 0. The third-order valence-corrected chi connectivity index (χ3v) is 4.39. The zero-order chi connectivity index (χ0) is 8.27. The average molecular weight is 203 g/mol. The van der Waals surface area contributed by atoms with Crippen LogP contribution in [0, 0.1) is 6.92 Å². The minimum atomic E-state index is -0.522. The Balaban J connectivity index is 2.96. The molecule has 60 valence electrons. The molecule has 0 saturated carbocycles. The lowest BCUT2D eigenvalue weighted by atomic mass is 10.2. The first-order valence-electron chi connectivity index (χ1n) is 3.48. The predicted octanol–water partition coefficient (Wildman–Crippen LogP) is -0.345. The monoisotopic (exact) mass is 202 g/mol. The van der Waals surface area contributed by atoms with E-state index in [2.05, 4.69) is 6.07 Å². The highest BCUT2D eigenvalue weighted by molar-refractivity contribution is 6.56. The lowest BCUT2D eigenvalue weighted by Gasteiger charge is -2.03. The first-order chi connectivity index (χ1) is 5.25. The van der Waals surface area contributed by atoms with E-state index in [4.69, 9.17) is 15.7 Å².